The third-order valence-electron chi connectivity index (χ3n) is 3.92. The fourth-order valence-electron chi connectivity index (χ4n) is 2.62. The molecule has 0 atom stereocenters. The Morgan fingerprint density at radius 3 is 2.64 bits per heavy atom. The number of anilines is 1. The van der Waals surface area contributed by atoms with Crippen LogP contribution < -0.4 is 5.32 Å². The number of benzene rings is 2. The van der Waals surface area contributed by atoms with E-state index >= 15 is 0 Å². The van der Waals surface area contributed by atoms with Crippen LogP contribution in [0.3, 0.4) is 0 Å². The van der Waals surface area contributed by atoms with Crippen LogP contribution in [0.15, 0.2) is 52.1 Å². The van der Waals surface area contributed by atoms with Gasteiger partial charge in [-0.15, -0.1) is 10.2 Å². The minimum Gasteiger partial charge on any atom is -0.322 e. The van der Waals surface area contributed by atoms with Crippen molar-refractivity contribution < 1.29 is 13.6 Å². The van der Waals surface area contributed by atoms with Crippen LogP contribution in [0.2, 0.25) is 0 Å². The first kappa shape index (κ1) is 20.5. The number of carbonyl (C=O) groups excluding carboxylic acids is 1. The molecule has 0 bridgehead atoms. The molecule has 1 heterocycles. The van der Waals surface area contributed by atoms with Crippen LogP contribution in [0.25, 0.3) is 0 Å². The van der Waals surface area contributed by atoms with E-state index in [1.807, 2.05) is 41.8 Å². The summed E-state index contributed by atoms with van der Waals surface area (Å²) in [5, 5.41) is 11.5. The number of aromatic nitrogens is 3. The molecule has 3 aromatic rings. The van der Waals surface area contributed by atoms with Crippen molar-refractivity contribution in [3.8, 4) is 0 Å². The summed E-state index contributed by atoms with van der Waals surface area (Å²) in [6.45, 7) is 2.64. The summed E-state index contributed by atoms with van der Waals surface area (Å²) in [4.78, 5) is 12.2. The summed E-state index contributed by atoms with van der Waals surface area (Å²) in [7, 11) is 0. The number of nitrogens with zero attached hydrogens (tertiary/aromatic N) is 3. The molecule has 0 aliphatic rings. The fraction of sp³-hybridized carbons (Fsp3) is 0.211. The average Bonchev–Trinajstić information content (AvgIpc) is 3.05. The quantitative estimate of drug-likeness (QED) is 0.514. The summed E-state index contributed by atoms with van der Waals surface area (Å²) in [5.74, 6) is -1.16. The Hall–Kier alpha value is -2.26. The summed E-state index contributed by atoms with van der Waals surface area (Å²) < 4.78 is 29.1. The Labute approximate surface area is 173 Å². The van der Waals surface area contributed by atoms with Crippen LogP contribution in [-0.4, -0.2) is 26.4 Å². The lowest BCUT2D eigenvalue weighted by Gasteiger charge is -2.09. The molecule has 0 aliphatic carbocycles. The largest absolute Gasteiger partial charge is 0.322 e. The van der Waals surface area contributed by atoms with Crippen LogP contribution in [-0.2, 0) is 17.8 Å². The van der Waals surface area contributed by atoms with Crippen molar-refractivity contribution in [2.75, 3.05) is 11.1 Å². The van der Waals surface area contributed by atoms with E-state index in [0.29, 0.717) is 18.1 Å². The second kappa shape index (κ2) is 9.29. The van der Waals surface area contributed by atoms with E-state index in [1.165, 1.54) is 11.8 Å². The van der Waals surface area contributed by atoms with E-state index in [2.05, 4.69) is 31.4 Å². The van der Waals surface area contributed by atoms with Crippen molar-refractivity contribution in [2.45, 2.75) is 25.0 Å². The number of thioether (sulfide) groups is 1. The molecule has 0 spiro atoms. The molecule has 2 aromatic carbocycles. The van der Waals surface area contributed by atoms with Gasteiger partial charge < -0.3 is 9.88 Å². The molecule has 0 saturated heterocycles. The highest BCUT2D eigenvalue weighted by atomic mass is 79.9. The molecule has 1 N–H and O–H groups in total. The Balaban J connectivity index is 1.65. The zero-order valence-corrected chi connectivity index (χ0v) is 17.4. The lowest BCUT2D eigenvalue weighted by Crippen LogP contribution is -2.16. The van der Waals surface area contributed by atoms with Crippen molar-refractivity contribution >= 4 is 39.3 Å². The van der Waals surface area contributed by atoms with Gasteiger partial charge in [0.05, 0.1) is 11.4 Å². The Morgan fingerprint density at radius 1 is 1.21 bits per heavy atom. The molecule has 28 heavy (non-hydrogen) atoms. The van der Waals surface area contributed by atoms with Crippen molar-refractivity contribution in [2.24, 2.45) is 0 Å². The first-order valence-corrected chi connectivity index (χ1v) is 10.3. The predicted octanol–water partition coefficient (Wildman–Crippen LogP) is 4.66. The lowest BCUT2D eigenvalue weighted by atomic mass is 10.1. The Bertz CT molecular complexity index is 958. The molecule has 0 radical (unpaired) electrons. The highest BCUT2D eigenvalue weighted by Gasteiger charge is 2.16. The molecule has 0 saturated carbocycles. The summed E-state index contributed by atoms with van der Waals surface area (Å²) in [6, 6.07) is 11.7. The fourth-order valence-corrected chi connectivity index (χ4v) is 3.95. The van der Waals surface area contributed by atoms with Gasteiger partial charge in [0, 0.05) is 23.5 Å². The van der Waals surface area contributed by atoms with E-state index in [9.17, 15) is 13.6 Å². The number of carbonyl (C=O) groups is 1. The molecular formula is C19H17BrF2N4OS. The monoisotopic (exact) mass is 466 g/mol. The molecule has 146 valence electrons. The van der Waals surface area contributed by atoms with Crippen LogP contribution in [0.1, 0.15) is 18.3 Å². The van der Waals surface area contributed by atoms with Crippen molar-refractivity contribution in [3.05, 3.63) is 70.0 Å². The first-order chi connectivity index (χ1) is 13.5. The summed E-state index contributed by atoms with van der Waals surface area (Å²) in [6.07, 6.45) is 0.641. The smallest absolute Gasteiger partial charge is 0.234 e. The SMILES string of the molecule is CCn1c(Cc2ccccc2)nnc1SCC(=O)Nc1c(F)cc(F)cc1Br. The number of nitrogens with one attached hydrogen (secondary N) is 1. The standard InChI is InChI=1S/C19H17BrF2N4OS/c1-2-26-16(8-12-6-4-3-5-7-12)24-25-19(26)28-11-17(27)23-18-14(20)9-13(21)10-15(18)22/h3-7,9-10H,2,8,11H2,1H3,(H,23,27). The number of hydrogen-bond acceptors (Lipinski definition) is 4. The van der Waals surface area contributed by atoms with Crippen LogP contribution in [0.4, 0.5) is 14.5 Å². The normalized spacial score (nSPS) is 10.9. The molecule has 5 nitrogen and oxygen atoms in total. The molecule has 9 heteroatoms. The third-order valence-corrected chi connectivity index (χ3v) is 5.51. The van der Waals surface area contributed by atoms with Crippen molar-refractivity contribution in [3.63, 3.8) is 0 Å². The van der Waals surface area contributed by atoms with Crippen LogP contribution >= 0.6 is 27.7 Å². The lowest BCUT2D eigenvalue weighted by molar-refractivity contribution is -0.113. The van der Waals surface area contributed by atoms with Gasteiger partial charge in [-0.1, -0.05) is 42.1 Å². The first-order valence-electron chi connectivity index (χ1n) is 8.51. The van der Waals surface area contributed by atoms with Gasteiger partial charge in [0.2, 0.25) is 5.91 Å². The molecule has 1 aromatic heterocycles. The van der Waals surface area contributed by atoms with E-state index in [4.69, 9.17) is 0 Å². The Morgan fingerprint density at radius 2 is 1.96 bits per heavy atom. The van der Waals surface area contributed by atoms with Crippen molar-refractivity contribution in [1.29, 1.82) is 0 Å². The highest BCUT2D eigenvalue weighted by molar-refractivity contribution is 9.10. The predicted molar refractivity (Wildman–Crippen MR) is 108 cm³/mol. The summed E-state index contributed by atoms with van der Waals surface area (Å²) >= 11 is 4.26. The zero-order valence-electron chi connectivity index (χ0n) is 15.0. The maximum Gasteiger partial charge on any atom is 0.234 e. The second-order valence-electron chi connectivity index (χ2n) is 5.89. The molecule has 1 amide bonds. The molecule has 0 aliphatic heterocycles. The topological polar surface area (TPSA) is 59.8 Å². The summed E-state index contributed by atoms with van der Waals surface area (Å²) in [5.41, 5.74) is 1.03. The zero-order chi connectivity index (χ0) is 20.1. The minimum atomic E-state index is -0.841. The maximum atomic E-state index is 13.8. The molecular weight excluding hydrogens is 450 g/mol. The molecule has 0 unspecified atom stereocenters. The van der Waals surface area contributed by atoms with Gasteiger partial charge in [-0.2, -0.15) is 0 Å². The van der Waals surface area contributed by atoms with Gasteiger partial charge >= 0.3 is 0 Å². The van der Waals surface area contributed by atoms with E-state index in [0.717, 1.165) is 23.5 Å². The average molecular weight is 467 g/mol. The van der Waals surface area contributed by atoms with Gasteiger partial charge in [0.25, 0.3) is 0 Å². The van der Waals surface area contributed by atoms with Crippen molar-refractivity contribution in [1.82, 2.24) is 14.8 Å². The maximum absolute atomic E-state index is 13.8. The number of hydrogen-bond donors (Lipinski definition) is 1. The number of rotatable bonds is 7. The van der Waals surface area contributed by atoms with Gasteiger partial charge in [-0.05, 0) is 34.5 Å². The number of halogens is 3. The van der Waals surface area contributed by atoms with E-state index in [1.54, 1.807) is 0 Å². The molecule has 3 rings (SSSR count). The molecule has 0 fully saturated rings. The van der Waals surface area contributed by atoms with Crippen LogP contribution in [0, 0.1) is 11.6 Å². The van der Waals surface area contributed by atoms with Gasteiger partial charge in [0.1, 0.15) is 11.6 Å². The van der Waals surface area contributed by atoms with Gasteiger partial charge in [0.15, 0.2) is 11.0 Å². The Kier molecular flexibility index (Phi) is 6.79. The van der Waals surface area contributed by atoms with Crippen LogP contribution in [0.5, 0.6) is 0 Å². The highest BCUT2D eigenvalue weighted by Crippen LogP contribution is 2.27. The van der Waals surface area contributed by atoms with Gasteiger partial charge in [-0.25, -0.2) is 8.78 Å². The van der Waals surface area contributed by atoms with E-state index in [-0.39, 0.29) is 15.9 Å². The van der Waals surface area contributed by atoms with Gasteiger partial charge in [-0.3, -0.25) is 4.79 Å². The second-order valence-corrected chi connectivity index (χ2v) is 7.68. The van der Waals surface area contributed by atoms with E-state index < -0.39 is 17.5 Å². The minimum absolute atomic E-state index is 0.0206. The third kappa shape index (κ3) is 4.96. The number of amides is 1.